The third-order valence-corrected chi connectivity index (χ3v) is 10.7. The molecule has 0 bridgehead atoms. The summed E-state index contributed by atoms with van der Waals surface area (Å²) in [6, 6.07) is 51.0. The Hall–Kier alpha value is -5.72. The zero-order valence-corrected chi connectivity index (χ0v) is 25.7. The summed E-state index contributed by atoms with van der Waals surface area (Å²) >= 11 is 0. The molecular weight excluding hydrogens is 553 g/mol. The molecular formula is C46H28. The van der Waals surface area contributed by atoms with Crippen molar-refractivity contribution in [3.63, 3.8) is 0 Å². The lowest BCUT2D eigenvalue weighted by Crippen LogP contribution is -1.90. The van der Waals surface area contributed by atoms with Gasteiger partial charge in [0, 0.05) is 0 Å². The maximum absolute atomic E-state index is 2.49. The summed E-state index contributed by atoms with van der Waals surface area (Å²) in [6.45, 7) is 4.43. The fourth-order valence-corrected chi connectivity index (χ4v) is 8.89. The van der Waals surface area contributed by atoms with Gasteiger partial charge >= 0.3 is 0 Å². The standard InChI is InChI=1S/C46H28/c1-25-17-26(2)19-30(18-25)37-22-39-31(40-23-42-34-13-5-9-28-10-6-14-35(46(28)34)43(42)24-44(37)40)16-15-29-20-38-32-11-3-7-27-8-4-12-33(45(27)32)41(38)21-36(29)39/h3-24H,1-2H3. The highest BCUT2D eigenvalue weighted by Crippen LogP contribution is 2.52. The van der Waals surface area contributed by atoms with Crippen LogP contribution in [0.1, 0.15) is 11.1 Å². The van der Waals surface area contributed by atoms with Gasteiger partial charge in [0.2, 0.25) is 0 Å². The Labute approximate surface area is 267 Å². The van der Waals surface area contributed by atoms with Crippen LogP contribution < -0.4 is 0 Å². The van der Waals surface area contributed by atoms with E-state index >= 15 is 0 Å². The minimum absolute atomic E-state index is 1.29. The number of rotatable bonds is 1. The van der Waals surface area contributed by atoms with Gasteiger partial charge < -0.3 is 0 Å². The fourth-order valence-electron chi connectivity index (χ4n) is 8.89. The van der Waals surface area contributed by atoms with Gasteiger partial charge in [-0.25, -0.2) is 0 Å². The quantitative estimate of drug-likeness (QED) is 0.169. The average Bonchev–Trinajstić information content (AvgIpc) is 3.56. The molecule has 0 saturated carbocycles. The molecule has 46 heavy (non-hydrogen) atoms. The Morgan fingerprint density at radius 3 is 1.30 bits per heavy atom. The number of hydrogen-bond acceptors (Lipinski definition) is 0. The molecule has 0 radical (unpaired) electrons. The molecule has 0 heterocycles. The van der Waals surface area contributed by atoms with E-state index in [2.05, 4.69) is 147 Å². The molecule has 0 nitrogen and oxygen atoms in total. The van der Waals surface area contributed by atoms with E-state index in [0.29, 0.717) is 0 Å². The number of fused-ring (bicyclic) bond motifs is 11. The van der Waals surface area contributed by atoms with Crippen LogP contribution in [-0.4, -0.2) is 0 Å². The van der Waals surface area contributed by atoms with Crippen molar-refractivity contribution < 1.29 is 0 Å². The van der Waals surface area contributed by atoms with E-state index in [9.17, 15) is 0 Å². The lowest BCUT2D eigenvalue weighted by atomic mass is 9.86. The molecule has 0 amide bonds. The van der Waals surface area contributed by atoms with Crippen molar-refractivity contribution in [2.45, 2.75) is 13.8 Å². The molecule has 0 unspecified atom stereocenters. The Balaban J connectivity index is 1.29. The van der Waals surface area contributed by atoms with Gasteiger partial charge in [0.15, 0.2) is 0 Å². The van der Waals surface area contributed by atoms with E-state index in [4.69, 9.17) is 0 Å². The van der Waals surface area contributed by atoms with E-state index in [1.807, 2.05) is 0 Å². The van der Waals surface area contributed by atoms with Crippen molar-refractivity contribution in [1.82, 2.24) is 0 Å². The molecule has 0 saturated heterocycles. The number of aryl methyl sites for hydroxylation is 2. The monoisotopic (exact) mass is 580 g/mol. The van der Waals surface area contributed by atoms with Gasteiger partial charge in [0.1, 0.15) is 0 Å². The molecule has 0 aliphatic heterocycles. The summed E-state index contributed by atoms with van der Waals surface area (Å²) in [5, 5.41) is 13.3. The van der Waals surface area contributed by atoms with Crippen LogP contribution in [0.15, 0.2) is 133 Å². The Morgan fingerprint density at radius 2 is 0.739 bits per heavy atom. The van der Waals surface area contributed by atoms with Crippen LogP contribution in [0.5, 0.6) is 0 Å². The van der Waals surface area contributed by atoms with E-state index in [1.165, 1.54) is 121 Å². The van der Waals surface area contributed by atoms with Crippen molar-refractivity contribution in [2.75, 3.05) is 0 Å². The lowest BCUT2D eigenvalue weighted by Gasteiger charge is -2.17. The Bertz CT molecular complexity index is 2830. The van der Waals surface area contributed by atoms with Crippen LogP contribution in [0, 0.1) is 13.8 Å². The van der Waals surface area contributed by atoms with Crippen molar-refractivity contribution in [3.8, 4) is 55.6 Å². The van der Waals surface area contributed by atoms with Crippen molar-refractivity contribution in [3.05, 3.63) is 145 Å². The zero-order valence-electron chi connectivity index (χ0n) is 25.7. The molecule has 0 atom stereocenters. The SMILES string of the molecule is Cc1cc(C)cc(-c2cc3c4cc5c(cc4ccc3c3cc4c(cc23)-c2cccc3cccc-4c23)-c2cccc3cccc-5c23)c1. The summed E-state index contributed by atoms with van der Waals surface area (Å²) in [6.07, 6.45) is 0. The summed E-state index contributed by atoms with van der Waals surface area (Å²) in [5.74, 6) is 0. The van der Waals surface area contributed by atoms with Gasteiger partial charge in [-0.3, -0.25) is 0 Å². The predicted octanol–water partition coefficient (Wildman–Crippen LogP) is 13.0. The summed E-state index contributed by atoms with van der Waals surface area (Å²) in [7, 11) is 0. The number of hydrogen-bond donors (Lipinski definition) is 0. The molecule has 11 rings (SSSR count). The molecule has 2 aliphatic carbocycles. The van der Waals surface area contributed by atoms with E-state index < -0.39 is 0 Å². The molecule has 0 fully saturated rings. The largest absolute Gasteiger partial charge is 0.0610 e. The van der Waals surface area contributed by atoms with Crippen LogP contribution in [0.4, 0.5) is 0 Å². The Morgan fingerprint density at radius 1 is 0.283 bits per heavy atom. The smallest absolute Gasteiger partial charge is 0.00264 e. The molecule has 9 aromatic carbocycles. The van der Waals surface area contributed by atoms with Crippen LogP contribution in [0.3, 0.4) is 0 Å². The highest BCUT2D eigenvalue weighted by atomic mass is 14.3. The maximum atomic E-state index is 2.49. The van der Waals surface area contributed by atoms with Crippen molar-refractivity contribution in [1.29, 1.82) is 0 Å². The minimum atomic E-state index is 1.29. The first-order chi connectivity index (χ1) is 22.6. The van der Waals surface area contributed by atoms with Crippen molar-refractivity contribution >= 4 is 53.9 Å². The first-order valence-corrected chi connectivity index (χ1v) is 16.3. The van der Waals surface area contributed by atoms with Crippen LogP contribution in [0.25, 0.3) is 109 Å². The average molecular weight is 581 g/mol. The molecule has 212 valence electrons. The molecule has 0 spiro atoms. The normalized spacial score (nSPS) is 12.6. The predicted molar refractivity (Wildman–Crippen MR) is 198 cm³/mol. The first-order valence-electron chi connectivity index (χ1n) is 16.3. The fraction of sp³-hybridized carbons (Fsp3) is 0.0435. The second-order valence-electron chi connectivity index (χ2n) is 13.4. The van der Waals surface area contributed by atoms with Crippen LogP contribution in [-0.2, 0) is 0 Å². The molecule has 2 aliphatic rings. The number of benzene rings is 9. The lowest BCUT2D eigenvalue weighted by molar-refractivity contribution is 1.39. The Kier molecular flexibility index (Phi) is 4.54. The van der Waals surface area contributed by atoms with Crippen LogP contribution >= 0.6 is 0 Å². The van der Waals surface area contributed by atoms with E-state index in [1.54, 1.807) is 0 Å². The minimum Gasteiger partial charge on any atom is -0.0610 e. The van der Waals surface area contributed by atoms with Crippen molar-refractivity contribution in [2.24, 2.45) is 0 Å². The molecule has 9 aromatic rings. The third kappa shape index (κ3) is 3.09. The molecule has 0 aromatic heterocycles. The van der Waals surface area contributed by atoms with Gasteiger partial charge in [-0.05, 0) is 154 Å². The summed E-state index contributed by atoms with van der Waals surface area (Å²) in [5.41, 5.74) is 15.9. The second-order valence-corrected chi connectivity index (χ2v) is 13.4. The van der Waals surface area contributed by atoms with E-state index in [0.717, 1.165) is 0 Å². The van der Waals surface area contributed by atoms with Gasteiger partial charge in [0.05, 0.1) is 0 Å². The van der Waals surface area contributed by atoms with Crippen LogP contribution in [0.2, 0.25) is 0 Å². The van der Waals surface area contributed by atoms with Gasteiger partial charge in [-0.15, -0.1) is 0 Å². The van der Waals surface area contributed by atoms with Gasteiger partial charge in [-0.1, -0.05) is 114 Å². The highest BCUT2D eigenvalue weighted by molar-refractivity contribution is 6.27. The topological polar surface area (TPSA) is 0 Å². The summed E-state index contributed by atoms with van der Waals surface area (Å²) in [4.78, 5) is 0. The molecule has 0 heteroatoms. The highest BCUT2D eigenvalue weighted by Gasteiger charge is 2.25. The van der Waals surface area contributed by atoms with Gasteiger partial charge in [0.25, 0.3) is 0 Å². The second kappa shape index (κ2) is 8.50. The first kappa shape index (κ1) is 24.6. The molecule has 0 N–H and O–H groups in total. The summed E-state index contributed by atoms with van der Waals surface area (Å²) < 4.78 is 0. The zero-order chi connectivity index (χ0) is 30.3. The maximum Gasteiger partial charge on any atom is -0.00264 e. The van der Waals surface area contributed by atoms with E-state index in [-0.39, 0.29) is 0 Å². The third-order valence-electron chi connectivity index (χ3n) is 10.7. The van der Waals surface area contributed by atoms with Gasteiger partial charge in [-0.2, -0.15) is 0 Å².